The lowest BCUT2D eigenvalue weighted by Gasteiger charge is -2.20. The molecule has 1 amide bonds. The van der Waals surface area contributed by atoms with Crippen LogP contribution in [0.5, 0.6) is 0 Å². The summed E-state index contributed by atoms with van der Waals surface area (Å²) in [6.07, 6.45) is 1.63. The summed E-state index contributed by atoms with van der Waals surface area (Å²) < 4.78 is 6.61. The Bertz CT molecular complexity index is 1160. The third-order valence-electron chi connectivity index (χ3n) is 4.81. The molecule has 0 saturated heterocycles. The van der Waals surface area contributed by atoms with Crippen molar-refractivity contribution in [3.63, 3.8) is 0 Å². The zero-order chi connectivity index (χ0) is 19.8. The molecule has 28 heavy (non-hydrogen) atoms. The van der Waals surface area contributed by atoms with Gasteiger partial charge in [0.25, 0.3) is 5.91 Å². The Morgan fingerprint density at radius 3 is 2.61 bits per heavy atom. The Hall–Kier alpha value is -2.92. The van der Waals surface area contributed by atoms with E-state index >= 15 is 0 Å². The number of anilines is 1. The zero-order valence-corrected chi connectivity index (χ0v) is 17.3. The number of hydrogen-bond donors (Lipinski definition) is 0. The molecule has 2 aromatic carbocycles. The molecule has 2 aromatic heterocycles. The third kappa shape index (κ3) is 3.45. The molecule has 0 N–H and O–H groups in total. The molecular weight excluding hydrogens is 368 g/mol. The number of hydrogen-bond acceptors (Lipinski definition) is 4. The van der Waals surface area contributed by atoms with Gasteiger partial charge >= 0.3 is 0 Å². The molecule has 0 fully saturated rings. The molecule has 0 atom stereocenters. The van der Waals surface area contributed by atoms with Crippen molar-refractivity contribution in [2.45, 2.75) is 34.2 Å². The smallest absolute Gasteiger partial charge is 0.260 e. The van der Waals surface area contributed by atoms with Crippen molar-refractivity contribution in [1.82, 2.24) is 4.98 Å². The van der Waals surface area contributed by atoms with Crippen LogP contribution < -0.4 is 4.90 Å². The number of aryl methyl sites for hydroxylation is 4. The van der Waals surface area contributed by atoms with Crippen molar-refractivity contribution in [2.24, 2.45) is 0 Å². The Morgan fingerprint density at radius 1 is 1.04 bits per heavy atom. The molecular formula is C23H22N2O2S. The summed E-state index contributed by atoms with van der Waals surface area (Å²) >= 11 is 1.54. The highest BCUT2D eigenvalue weighted by Crippen LogP contribution is 2.33. The molecule has 0 radical (unpaired) electrons. The predicted octanol–water partition coefficient (Wildman–Crippen LogP) is 5.97. The van der Waals surface area contributed by atoms with Gasteiger partial charge in [-0.25, -0.2) is 4.98 Å². The number of fused-ring (bicyclic) bond motifs is 1. The highest BCUT2D eigenvalue weighted by Gasteiger charge is 2.24. The standard InChI is InChI=1S/C23H22N2O2S/c1-14-7-8-16(3)19(11-14)22(26)25(13-18-6-5-9-27-18)23-24-21-17(4)10-15(2)12-20(21)28-23/h5-12H,13H2,1-4H3. The van der Waals surface area contributed by atoms with E-state index in [1.807, 2.05) is 44.2 Å². The van der Waals surface area contributed by atoms with Gasteiger partial charge in [0, 0.05) is 5.56 Å². The maximum Gasteiger partial charge on any atom is 0.260 e. The Balaban J connectivity index is 1.83. The summed E-state index contributed by atoms with van der Waals surface area (Å²) in [5.74, 6) is 0.664. The summed E-state index contributed by atoms with van der Waals surface area (Å²) in [6.45, 7) is 8.44. The maximum absolute atomic E-state index is 13.5. The van der Waals surface area contributed by atoms with E-state index in [1.54, 1.807) is 22.5 Å². The summed E-state index contributed by atoms with van der Waals surface area (Å²) in [7, 11) is 0. The number of thiazole rings is 1. The minimum atomic E-state index is -0.0639. The minimum Gasteiger partial charge on any atom is -0.467 e. The van der Waals surface area contributed by atoms with Gasteiger partial charge in [0.05, 0.1) is 23.0 Å². The number of nitrogens with zero attached hydrogens (tertiary/aromatic N) is 2. The highest BCUT2D eigenvalue weighted by molar-refractivity contribution is 7.22. The SMILES string of the molecule is Cc1ccc(C)c(C(=O)N(Cc2ccco2)c2nc3c(C)cc(C)cc3s2)c1. The lowest BCUT2D eigenvalue weighted by Crippen LogP contribution is -2.30. The molecule has 0 saturated carbocycles. The molecule has 2 heterocycles. The number of carbonyl (C=O) groups excluding carboxylic acids is 1. The van der Waals surface area contributed by atoms with Crippen LogP contribution in [-0.4, -0.2) is 10.9 Å². The molecule has 0 aliphatic heterocycles. The minimum absolute atomic E-state index is 0.0639. The molecule has 0 aliphatic rings. The van der Waals surface area contributed by atoms with E-state index in [0.29, 0.717) is 17.2 Å². The molecule has 0 unspecified atom stereocenters. The van der Waals surface area contributed by atoms with Crippen LogP contribution in [0, 0.1) is 27.7 Å². The number of aromatic nitrogens is 1. The van der Waals surface area contributed by atoms with Gasteiger partial charge in [-0.15, -0.1) is 0 Å². The molecule has 4 aromatic rings. The third-order valence-corrected chi connectivity index (χ3v) is 5.84. The fraction of sp³-hybridized carbons (Fsp3) is 0.217. The first kappa shape index (κ1) is 18.4. The molecule has 5 heteroatoms. The first-order chi connectivity index (χ1) is 13.4. The molecule has 4 rings (SSSR count). The number of carbonyl (C=O) groups is 1. The van der Waals surface area contributed by atoms with Crippen LogP contribution in [0.2, 0.25) is 0 Å². The summed E-state index contributed by atoms with van der Waals surface area (Å²) in [4.78, 5) is 20.1. The molecule has 0 spiro atoms. The average Bonchev–Trinajstić information content (AvgIpc) is 3.30. The summed E-state index contributed by atoms with van der Waals surface area (Å²) in [5, 5.41) is 0.686. The second-order valence-corrected chi connectivity index (χ2v) is 8.22. The summed E-state index contributed by atoms with van der Waals surface area (Å²) in [5.41, 5.74) is 5.96. The van der Waals surface area contributed by atoms with Crippen LogP contribution in [0.1, 0.15) is 38.4 Å². The van der Waals surface area contributed by atoms with Gasteiger partial charge in [-0.3, -0.25) is 9.69 Å². The van der Waals surface area contributed by atoms with Crippen molar-refractivity contribution >= 4 is 32.6 Å². The van der Waals surface area contributed by atoms with Gasteiger partial charge in [-0.1, -0.05) is 35.1 Å². The quantitative estimate of drug-likeness (QED) is 0.431. The Kier molecular flexibility index (Phi) is 4.77. The van der Waals surface area contributed by atoms with Gasteiger partial charge in [-0.05, 0) is 68.7 Å². The topological polar surface area (TPSA) is 46.3 Å². The first-order valence-electron chi connectivity index (χ1n) is 9.21. The van der Waals surface area contributed by atoms with Crippen LogP contribution in [0.25, 0.3) is 10.2 Å². The number of benzene rings is 2. The average molecular weight is 391 g/mol. The normalized spacial score (nSPS) is 11.1. The summed E-state index contributed by atoms with van der Waals surface area (Å²) in [6, 6.07) is 13.9. The predicted molar refractivity (Wildman–Crippen MR) is 114 cm³/mol. The van der Waals surface area contributed by atoms with Crippen molar-refractivity contribution in [2.75, 3.05) is 4.90 Å². The van der Waals surface area contributed by atoms with E-state index in [0.717, 1.165) is 32.7 Å². The lowest BCUT2D eigenvalue weighted by molar-refractivity contribution is 0.0982. The van der Waals surface area contributed by atoms with Gasteiger partial charge in [0.15, 0.2) is 5.13 Å². The van der Waals surface area contributed by atoms with E-state index < -0.39 is 0 Å². The van der Waals surface area contributed by atoms with E-state index in [2.05, 4.69) is 26.0 Å². The zero-order valence-electron chi connectivity index (χ0n) is 16.4. The number of amides is 1. The van der Waals surface area contributed by atoms with E-state index in [1.165, 1.54) is 5.56 Å². The van der Waals surface area contributed by atoms with Gasteiger partial charge < -0.3 is 4.42 Å². The van der Waals surface area contributed by atoms with Crippen LogP contribution in [0.3, 0.4) is 0 Å². The Labute approximate surface area is 168 Å². The van der Waals surface area contributed by atoms with Crippen molar-refractivity contribution < 1.29 is 9.21 Å². The van der Waals surface area contributed by atoms with Crippen LogP contribution in [0.4, 0.5) is 5.13 Å². The molecule has 0 bridgehead atoms. The van der Waals surface area contributed by atoms with Crippen LogP contribution >= 0.6 is 11.3 Å². The van der Waals surface area contributed by atoms with E-state index in [4.69, 9.17) is 9.40 Å². The van der Waals surface area contributed by atoms with Crippen LogP contribution in [0.15, 0.2) is 53.1 Å². The van der Waals surface area contributed by atoms with E-state index in [-0.39, 0.29) is 5.91 Å². The molecule has 4 nitrogen and oxygen atoms in total. The van der Waals surface area contributed by atoms with Crippen molar-refractivity contribution in [1.29, 1.82) is 0 Å². The first-order valence-corrected chi connectivity index (χ1v) is 10.0. The van der Waals surface area contributed by atoms with Crippen LogP contribution in [-0.2, 0) is 6.54 Å². The lowest BCUT2D eigenvalue weighted by atomic mass is 10.0. The Morgan fingerprint density at radius 2 is 1.86 bits per heavy atom. The van der Waals surface area contributed by atoms with Crippen molar-refractivity contribution in [3.05, 3.63) is 82.3 Å². The van der Waals surface area contributed by atoms with Gasteiger partial charge in [0.2, 0.25) is 0 Å². The maximum atomic E-state index is 13.5. The van der Waals surface area contributed by atoms with E-state index in [9.17, 15) is 4.79 Å². The second-order valence-electron chi connectivity index (χ2n) is 7.21. The monoisotopic (exact) mass is 390 g/mol. The second kappa shape index (κ2) is 7.24. The fourth-order valence-corrected chi connectivity index (χ4v) is 4.51. The largest absolute Gasteiger partial charge is 0.467 e. The highest BCUT2D eigenvalue weighted by atomic mass is 32.1. The number of furan rings is 1. The number of rotatable bonds is 4. The van der Waals surface area contributed by atoms with Gasteiger partial charge in [0.1, 0.15) is 5.76 Å². The van der Waals surface area contributed by atoms with Crippen molar-refractivity contribution in [3.8, 4) is 0 Å². The fourth-order valence-electron chi connectivity index (χ4n) is 3.37. The van der Waals surface area contributed by atoms with Gasteiger partial charge in [-0.2, -0.15) is 0 Å². The molecule has 0 aliphatic carbocycles. The molecule has 142 valence electrons.